The van der Waals surface area contributed by atoms with Crippen LogP contribution in [0.15, 0.2) is 0 Å². The molecular formula is C11H20N2O. The first-order valence-corrected chi connectivity index (χ1v) is 5.71. The predicted molar refractivity (Wildman–Crippen MR) is 55.7 cm³/mol. The standard InChI is InChI=1S/C11H20N2O/c1-2-9(12)10(14)13-7-5-11(3-4-11)6-8-13/h9H,2-8,12H2,1H3. The van der Waals surface area contributed by atoms with Crippen LogP contribution in [-0.4, -0.2) is 29.9 Å². The van der Waals surface area contributed by atoms with E-state index >= 15 is 0 Å². The molecule has 1 aliphatic carbocycles. The van der Waals surface area contributed by atoms with Gasteiger partial charge in [-0.2, -0.15) is 0 Å². The Bertz CT molecular complexity index is 225. The maximum atomic E-state index is 11.8. The SMILES string of the molecule is CCC(N)C(=O)N1CCC2(CC1)CC2. The van der Waals surface area contributed by atoms with Gasteiger partial charge in [-0.05, 0) is 37.5 Å². The van der Waals surface area contributed by atoms with Crippen LogP contribution in [0.5, 0.6) is 0 Å². The van der Waals surface area contributed by atoms with Crippen molar-refractivity contribution in [1.29, 1.82) is 0 Å². The van der Waals surface area contributed by atoms with Gasteiger partial charge >= 0.3 is 0 Å². The minimum Gasteiger partial charge on any atom is -0.341 e. The summed E-state index contributed by atoms with van der Waals surface area (Å²) in [5.41, 5.74) is 6.39. The highest BCUT2D eigenvalue weighted by Gasteiger charge is 2.45. The van der Waals surface area contributed by atoms with Gasteiger partial charge in [-0.3, -0.25) is 4.79 Å². The second kappa shape index (κ2) is 3.54. The van der Waals surface area contributed by atoms with Crippen LogP contribution < -0.4 is 5.73 Å². The van der Waals surface area contributed by atoms with Crippen LogP contribution in [0.25, 0.3) is 0 Å². The van der Waals surface area contributed by atoms with Gasteiger partial charge < -0.3 is 10.6 Å². The Morgan fingerprint density at radius 3 is 2.36 bits per heavy atom. The Morgan fingerprint density at radius 2 is 1.93 bits per heavy atom. The molecule has 80 valence electrons. The average molecular weight is 196 g/mol. The molecule has 2 aliphatic rings. The maximum absolute atomic E-state index is 11.8. The molecule has 0 bridgehead atoms. The second-order valence-corrected chi connectivity index (χ2v) is 4.84. The van der Waals surface area contributed by atoms with Crippen molar-refractivity contribution in [3.63, 3.8) is 0 Å². The minimum absolute atomic E-state index is 0.156. The largest absolute Gasteiger partial charge is 0.341 e. The fraction of sp³-hybridized carbons (Fsp3) is 0.909. The van der Waals surface area contributed by atoms with E-state index in [1.807, 2.05) is 11.8 Å². The molecule has 0 aromatic heterocycles. The van der Waals surface area contributed by atoms with Gasteiger partial charge in [-0.15, -0.1) is 0 Å². The molecule has 2 fully saturated rings. The van der Waals surface area contributed by atoms with Gasteiger partial charge in [-0.1, -0.05) is 6.92 Å². The van der Waals surface area contributed by atoms with Crippen molar-refractivity contribution in [1.82, 2.24) is 4.90 Å². The van der Waals surface area contributed by atoms with Crippen LogP contribution in [0.1, 0.15) is 39.0 Å². The molecule has 2 N–H and O–H groups in total. The molecule has 2 rings (SSSR count). The first-order chi connectivity index (χ1) is 6.67. The van der Waals surface area contributed by atoms with E-state index < -0.39 is 0 Å². The molecule has 3 heteroatoms. The van der Waals surface area contributed by atoms with Crippen molar-refractivity contribution >= 4 is 5.91 Å². The molecule has 1 aliphatic heterocycles. The van der Waals surface area contributed by atoms with E-state index in [1.54, 1.807) is 0 Å². The van der Waals surface area contributed by atoms with Crippen LogP contribution in [-0.2, 0) is 4.79 Å². The van der Waals surface area contributed by atoms with Gasteiger partial charge in [0.15, 0.2) is 0 Å². The molecule has 1 unspecified atom stereocenters. The summed E-state index contributed by atoms with van der Waals surface area (Å²) in [6, 6.07) is -0.275. The van der Waals surface area contributed by atoms with E-state index in [9.17, 15) is 4.79 Å². The number of likely N-dealkylation sites (tertiary alicyclic amines) is 1. The van der Waals surface area contributed by atoms with Crippen molar-refractivity contribution < 1.29 is 4.79 Å². The third-order valence-electron chi connectivity index (χ3n) is 3.85. The van der Waals surface area contributed by atoms with E-state index in [0.29, 0.717) is 5.41 Å². The first-order valence-electron chi connectivity index (χ1n) is 5.71. The number of amides is 1. The minimum atomic E-state index is -0.275. The number of carbonyl (C=O) groups is 1. The zero-order valence-electron chi connectivity index (χ0n) is 8.96. The van der Waals surface area contributed by atoms with Crippen molar-refractivity contribution in [2.45, 2.75) is 45.1 Å². The number of rotatable bonds is 2. The van der Waals surface area contributed by atoms with Crippen LogP contribution in [0.3, 0.4) is 0 Å². The van der Waals surface area contributed by atoms with Gasteiger partial charge in [-0.25, -0.2) is 0 Å². The van der Waals surface area contributed by atoms with Crippen LogP contribution >= 0.6 is 0 Å². The lowest BCUT2D eigenvalue weighted by Gasteiger charge is -2.33. The number of hydrogen-bond donors (Lipinski definition) is 1. The van der Waals surface area contributed by atoms with Crippen LogP contribution in [0.2, 0.25) is 0 Å². The van der Waals surface area contributed by atoms with Crippen LogP contribution in [0, 0.1) is 5.41 Å². The van der Waals surface area contributed by atoms with Gasteiger partial charge in [0.05, 0.1) is 6.04 Å². The van der Waals surface area contributed by atoms with Crippen molar-refractivity contribution in [2.24, 2.45) is 11.1 Å². The summed E-state index contributed by atoms with van der Waals surface area (Å²) in [5.74, 6) is 0.156. The topological polar surface area (TPSA) is 46.3 Å². The molecule has 1 atom stereocenters. The highest BCUT2D eigenvalue weighted by Crippen LogP contribution is 2.53. The Labute approximate surface area is 85.6 Å². The monoisotopic (exact) mass is 196 g/mol. The predicted octanol–water partition coefficient (Wildman–Crippen LogP) is 1.13. The average Bonchev–Trinajstić information content (AvgIpc) is 2.97. The number of carbonyl (C=O) groups excluding carboxylic acids is 1. The molecule has 1 saturated carbocycles. The molecule has 3 nitrogen and oxygen atoms in total. The zero-order valence-corrected chi connectivity index (χ0v) is 8.96. The lowest BCUT2D eigenvalue weighted by atomic mass is 9.93. The van der Waals surface area contributed by atoms with Gasteiger partial charge in [0, 0.05) is 13.1 Å². The van der Waals surface area contributed by atoms with Crippen molar-refractivity contribution in [2.75, 3.05) is 13.1 Å². The summed E-state index contributed by atoms with van der Waals surface area (Å²) in [5, 5.41) is 0. The highest BCUT2D eigenvalue weighted by atomic mass is 16.2. The Morgan fingerprint density at radius 1 is 1.36 bits per heavy atom. The summed E-state index contributed by atoms with van der Waals surface area (Å²) in [6.45, 7) is 3.84. The smallest absolute Gasteiger partial charge is 0.239 e. The maximum Gasteiger partial charge on any atom is 0.239 e. The summed E-state index contributed by atoms with van der Waals surface area (Å²) in [7, 11) is 0. The fourth-order valence-electron chi connectivity index (χ4n) is 2.29. The van der Waals surface area contributed by atoms with E-state index in [-0.39, 0.29) is 11.9 Å². The van der Waals surface area contributed by atoms with Gasteiger partial charge in [0.1, 0.15) is 0 Å². The van der Waals surface area contributed by atoms with Gasteiger partial charge in [0.2, 0.25) is 5.91 Å². The van der Waals surface area contributed by atoms with E-state index in [4.69, 9.17) is 5.73 Å². The Hall–Kier alpha value is -0.570. The summed E-state index contributed by atoms with van der Waals surface area (Å²) >= 11 is 0. The van der Waals surface area contributed by atoms with E-state index in [2.05, 4.69) is 0 Å². The molecule has 0 aromatic carbocycles. The van der Waals surface area contributed by atoms with E-state index in [0.717, 1.165) is 19.5 Å². The third-order valence-corrected chi connectivity index (χ3v) is 3.85. The normalized spacial score (nSPS) is 26.3. The molecule has 0 aromatic rings. The molecule has 0 radical (unpaired) electrons. The number of nitrogens with two attached hydrogens (primary N) is 1. The quantitative estimate of drug-likeness (QED) is 0.719. The Kier molecular flexibility index (Phi) is 2.52. The number of nitrogens with zero attached hydrogens (tertiary/aromatic N) is 1. The number of piperidine rings is 1. The second-order valence-electron chi connectivity index (χ2n) is 4.84. The number of hydrogen-bond acceptors (Lipinski definition) is 2. The summed E-state index contributed by atoms with van der Waals surface area (Å²) < 4.78 is 0. The lowest BCUT2D eigenvalue weighted by molar-refractivity contribution is -0.134. The third kappa shape index (κ3) is 1.78. The molecule has 1 spiro atoms. The lowest BCUT2D eigenvalue weighted by Crippen LogP contribution is -2.47. The highest BCUT2D eigenvalue weighted by molar-refractivity contribution is 5.81. The molecule has 1 saturated heterocycles. The van der Waals surface area contributed by atoms with Crippen molar-refractivity contribution in [3.8, 4) is 0 Å². The molecular weight excluding hydrogens is 176 g/mol. The van der Waals surface area contributed by atoms with Gasteiger partial charge in [0.25, 0.3) is 0 Å². The first kappa shape index (κ1) is 9.97. The molecule has 1 heterocycles. The van der Waals surface area contributed by atoms with Crippen LogP contribution in [0.4, 0.5) is 0 Å². The molecule has 1 amide bonds. The molecule has 14 heavy (non-hydrogen) atoms. The van der Waals surface area contributed by atoms with Crippen molar-refractivity contribution in [3.05, 3.63) is 0 Å². The summed E-state index contributed by atoms with van der Waals surface area (Å²) in [4.78, 5) is 13.7. The summed E-state index contributed by atoms with van der Waals surface area (Å²) in [6.07, 6.45) is 5.93. The zero-order chi connectivity index (χ0) is 10.2. The Balaban J connectivity index is 1.85. The fourth-order valence-corrected chi connectivity index (χ4v) is 2.29. The van der Waals surface area contributed by atoms with E-state index in [1.165, 1.54) is 25.7 Å².